The van der Waals surface area contributed by atoms with Crippen LogP contribution in [-0.4, -0.2) is 35.6 Å². The van der Waals surface area contributed by atoms with Gasteiger partial charge >= 0.3 is 6.18 Å². The first kappa shape index (κ1) is 21.7. The summed E-state index contributed by atoms with van der Waals surface area (Å²) >= 11 is 5.07. The second kappa shape index (κ2) is 9.04. The summed E-state index contributed by atoms with van der Waals surface area (Å²) < 4.78 is 37.5. The highest BCUT2D eigenvalue weighted by Gasteiger charge is 2.30. The van der Waals surface area contributed by atoms with Crippen molar-refractivity contribution in [3.63, 3.8) is 0 Å². The van der Waals surface area contributed by atoms with Gasteiger partial charge in [0.1, 0.15) is 6.54 Å². The number of ketones is 1. The number of alkyl halides is 3. The summed E-state index contributed by atoms with van der Waals surface area (Å²) in [6, 6.07) is 3.60. The summed E-state index contributed by atoms with van der Waals surface area (Å²) in [5.41, 5.74) is 2.92. The third-order valence-electron chi connectivity index (χ3n) is 5.08. The van der Waals surface area contributed by atoms with Crippen LogP contribution in [0.2, 0.25) is 0 Å². The highest BCUT2D eigenvalue weighted by atomic mass is 32.1. The molecule has 0 radical (unpaired) electrons. The molecule has 0 heterocycles. The van der Waals surface area contributed by atoms with Gasteiger partial charge in [-0.2, -0.15) is 13.2 Å². The van der Waals surface area contributed by atoms with Gasteiger partial charge in [-0.15, -0.1) is 0 Å². The molecule has 27 heavy (non-hydrogen) atoms. The summed E-state index contributed by atoms with van der Waals surface area (Å²) in [6.45, 7) is 2.56. The molecule has 1 fully saturated rings. The predicted octanol–water partition coefficient (Wildman–Crippen LogP) is 5.65. The molecule has 0 aliphatic heterocycles. The lowest BCUT2D eigenvalue weighted by atomic mass is 9.84. The third kappa shape index (κ3) is 6.48. The number of hydrogen-bond acceptors (Lipinski definition) is 2. The Hall–Kier alpha value is -1.63. The topological polar surface area (TPSA) is 32.3 Å². The number of carbonyl (C=O) groups excluding carboxylic acids is 1. The summed E-state index contributed by atoms with van der Waals surface area (Å²) in [5.74, 6) is 0.609. The summed E-state index contributed by atoms with van der Waals surface area (Å²) in [7, 11) is 1.30. The van der Waals surface area contributed by atoms with Crippen molar-refractivity contribution in [1.82, 2.24) is 4.90 Å². The van der Waals surface area contributed by atoms with Crippen molar-refractivity contribution in [1.29, 1.82) is 0 Å². The zero-order valence-corrected chi connectivity index (χ0v) is 16.9. The number of aryl methyl sites for hydroxylation is 2. The molecular formula is C20H27F3N2OS. The van der Waals surface area contributed by atoms with Crippen LogP contribution in [0.1, 0.15) is 60.0 Å². The summed E-state index contributed by atoms with van der Waals surface area (Å²) in [6.07, 6.45) is 2.13. The molecule has 1 N–H and O–H groups in total. The Bertz CT molecular complexity index is 697. The Morgan fingerprint density at radius 1 is 1.19 bits per heavy atom. The summed E-state index contributed by atoms with van der Waals surface area (Å²) in [4.78, 5) is 13.7. The Morgan fingerprint density at radius 2 is 1.81 bits per heavy atom. The number of nitrogens with one attached hydrogen (secondary N) is 1. The molecule has 1 aliphatic rings. The molecule has 1 saturated carbocycles. The number of halogens is 3. The quantitative estimate of drug-likeness (QED) is 0.512. The normalized spacial score (nSPS) is 15.5. The Morgan fingerprint density at radius 3 is 2.41 bits per heavy atom. The minimum Gasteiger partial charge on any atom is -0.343 e. The maximum Gasteiger partial charge on any atom is 0.405 e. The van der Waals surface area contributed by atoms with E-state index in [4.69, 9.17) is 12.2 Å². The largest absolute Gasteiger partial charge is 0.405 e. The number of rotatable bonds is 5. The van der Waals surface area contributed by atoms with Gasteiger partial charge in [-0.1, -0.05) is 32.1 Å². The maximum absolute atomic E-state index is 12.7. The number of Topliss-reactive ketones (excluding diaryl/α,β-unsaturated/α-hetero) is 1. The molecule has 1 aliphatic carbocycles. The minimum absolute atomic E-state index is 0.00360. The van der Waals surface area contributed by atoms with Crippen LogP contribution >= 0.6 is 12.2 Å². The van der Waals surface area contributed by atoms with Crippen LogP contribution in [0, 0.1) is 19.8 Å². The van der Waals surface area contributed by atoms with Crippen molar-refractivity contribution in [2.24, 2.45) is 5.92 Å². The van der Waals surface area contributed by atoms with Gasteiger partial charge in [-0.05, 0) is 55.2 Å². The van der Waals surface area contributed by atoms with Crippen molar-refractivity contribution >= 4 is 28.8 Å². The highest BCUT2D eigenvalue weighted by Crippen LogP contribution is 2.29. The van der Waals surface area contributed by atoms with Crippen LogP contribution in [0.25, 0.3) is 0 Å². The average molecular weight is 401 g/mol. The van der Waals surface area contributed by atoms with E-state index in [1.54, 1.807) is 6.07 Å². The van der Waals surface area contributed by atoms with Gasteiger partial charge in [0.05, 0.1) is 0 Å². The zero-order chi connectivity index (χ0) is 20.2. The molecule has 7 heteroatoms. The van der Waals surface area contributed by atoms with E-state index in [-0.39, 0.29) is 10.9 Å². The number of hydrogen-bond donors (Lipinski definition) is 1. The van der Waals surface area contributed by atoms with E-state index >= 15 is 0 Å². The van der Waals surface area contributed by atoms with Crippen molar-refractivity contribution < 1.29 is 18.0 Å². The molecule has 0 unspecified atom stereocenters. The fraction of sp³-hybridized carbons (Fsp3) is 0.600. The van der Waals surface area contributed by atoms with Gasteiger partial charge in [0.2, 0.25) is 0 Å². The Balaban J connectivity index is 2.07. The lowest BCUT2D eigenvalue weighted by Gasteiger charge is -2.24. The smallest absolute Gasteiger partial charge is 0.343 e. The average Bonchev–Trinajstić information content (AvgIpc) is 2.57. The second-order valence-corrected chi connectivity index (χ2v) is 7.90. The monoisotopic (exact) mass is 400 g/mol. The van der Waals surface area contributed by atoms with Gasteiger partial charge in [-0.3, -0.25) is 4.79 Å². The Labute approximate surface area is 164 Å². The number of carbonyl (C=O) groups is 1. The number of nitrogens with zero attached hydrogens (tertiary/aromatic N) is 1. The van der Waals surface area contributed by atoms with Crippen molar-refractivity contribution in [3.05, 3.63) is 28.8 Å². The van der Waals surface area contributed by atoms with Crippen LogP contribution < -0.4 is 5.32 Å². The molecule has 0 atom stereocenters. The van der Waals surface area contributed by atoms with E-state index in [9.17, 15) is 18.0 Å². The van der Waals surface area contributed by atoms with Gasteiger partial charge in [0, 0.05) is 24.7 Å². The van der Waals surface area contributed by atoms with Crippen LogP contribution in [-0.2, 0) is 0 Å². The molecular weight excluding hydrogens is 373 g/mol. The number of thiocarbonyl (C=S) groups is 1. The second-order valence-electron chi connectivity index (χ2n) is 7.51. The SMILES string of the molecule is Cc1cc(C(=O)CC2CCCCC2)c(C)cc1NC(=S)N(C)CC(F)(F)F. The minimum atomic E-state index is -4.32. The standard InChI is InChI=1S/C20H27F3N2OS/c1-13-10-17(24-19(27)25(3)12-20(21,22)23)14(2)9-16(13)18(26)11-15-7-5-4-6-8-15/h9-10,15H,4-8,11-12H2,1-3H3,(H,24,27). The first-order valence-electron chi connectivity index (χ1n) is 9.30. The first-order chi connectivity index (χ1) is 12.6. The molecule has 0 aromatic heterocycles. The van der Waals surface area contributed by atoms with Gasteiger partial charge in [-0.25, -0.2) is 0 Å². The van der Waals surface area contributed by atoms with Crippen LogP contribution in [0.4, 0.5) is 18.9 Å². The van der Waals surface area contributed by atoms with E-state index in [0.717, 1.165) is 28.9 Å². The molecule has 0 spiro atoms. The highest BCUT2D eigenvalue weighted by molar-refractivity contribution is 7.80. The lowest BCUT2D eigenvalue weighted by Crippen LogP contribution is -2.38. The van der Waals surface area contributed by atoms with E-state index in [1.807, 2.05) is 19.9 Å². The van der Waals surface area contributed by atoms with E-state index in [1.165, 1.54) is 26.3 Å². The molecule has 3 nitrogen and oxygen atoms in total. The van der Waals surface area contributed by atoms with Gasteiger partial charge in [0.15, 0.2) is 10.9 Å². The van der Waals surface area contributed by atoms with Crippen LogP contribution in [0.3, 0.4) is 0 Å². The Kier molecular flexibility index (Phi) is 7.25. The van der Waals surface area contributed by atoms with Gasteiger partial charge in [0.25, 0.3) is 0 Å². The molecule has 1 aromatic rings. The van der Waals surface area contributed by atoms with Gasteiger partial charge < -0.3 is 10.2 Å². The maximum atomic E-state index is 12.7. The lowest BCUT2D eigenvalue weighted by molar-refractivity contribution is -0.135. The number of benzene rings is 1. The van der Waals surface area contributed by atoms with E-state index < -0.39 is 12.7 Å². The van der Waals surface area contributed by atoms with Crippen molar-refractivity contribution in [2.75, 3.05) is 18.9 Å². The zero-order valence-electron chi connectivity index (χ0n) is 16.1. The molecule has 0 saturated heterocycles. The van der Waals surface area contributed by atoms with Crippen LogP contribution in [0.5, 0.6) is 0 Å². The van der Waals surface area contributed by atoms with Crippen molar-refractivity contribution in [3.8, 4) is 0 Å². The molecule has 150 valence electrons. The van der Waals surface area contributed by atoms with E-state index in [0.29, 0.717) is 23.6 Å². The number of anilines is 1. The molecule has 1 aromatic carbocycles. The van der Waals surface area contributed by atoms with E-state index in [2.05, 4.69) is 5.32 Å². The molecule has 0 amide bonds. The fourth-order valence-corrected chi connectivity index (χ4v) is 3.74. The van der Waals surface area contributed by atoms with Crippen molar-refractivity contribution in [2.45, 2.75) is 58.5 Å². The molecule has 2 rings (SSSR count). The fourth-order valence-electron chi connectivity index (χ4n) is 3.57. The summed E-state index contributed by atoms with van der Waals surface area (Å²) in [5, 5.41) is 2.86. The first-order valence-corrected chi connectivity index (χ1v) is 9.71. The molecule has 0 bridgehead atoms. The third-order valence-corrected chi connectivity index (χ3v) is 5.49. The van der Waals surface area contributed by atoms with Crippen LogP contribution in [0.15, 0.2) is 12.1 Å². The predicted molar refractivity (Wildman–Crippen MR) is 106 cm³/mol.